The summed E-state index contributed by atoms with van der Waals surface area (Å²) < 4.78 is 12.9. The molecule has 3 rings (SSSR count). The number of hydrogen-bond donors (Lipinski definition) is 1. The summed E-state index contributed by atoms with van der Waals surface area (Å²) in [5.41, 5.74) is 3.60. The molecule has 27 heavy (non-hydrogen) atoms. The number of nitrogens with zero attached hydrogens (tertiary/aromatic N) is 2. The molecule has 1 aliphatic heterocycles. The highest BCUT2D eigenvalue weighted by atomic mass is 19.1. The van der Waals surface area contributed by atoms with Crippen LogP contribution in [0.3, 0.4) is 0 Å². The van der Waals surface area contributed by atoms with E-state index in [1.807, 2.05) is 6.92 Å². The number of halogens is 1. The molecule has 0 bridgehead atoms. The molecule has 2 aromatic carbocycles. The molecule has 1 heterocycles. The molecule has 0 unspecified atom stereocenters. The normalized spacial score (nSPS) is 16.2. The Kier molecular flexibility index (Phi) is 6.45. The number of para-hydroxylation sites is 1. The van der Waals surface area contributed by atoms with Crippen LogP contribution in [0, 0.1) is 12.7 Å². The largest absolute Gasteiger partial charge is 0.369 e. The molecule has 1 atom stereocenters. The van der Waals surface area contributed by atoms with Crippen LogP contribution in [0.15, 0.2) is 48.5 Å². The van der Waals surface area contributed by atoms with Gasteiger partial charge in [0.25, 0.3) is 0 Å². The van der Waals surface area contributed by atoms with Crippen LogP contribution in [0.1, 0.15) is 18.1 Å². The molecule has 1 N–H and O–H groups in total. The van der Waals surface area contributed by atoms with Crippen molar-refractivity contribution < 1.29 is 9.18 Å². The average molecular weight is 369 g/mol. The quantitative estimate of drug-likeness (QED) is 0.850. The summed E-state index contributed by atoms with van der Waals surface area (Å²) in [4.78, 5) is 17.1. The summed E-state index contributed by atoms with van der Waals surface area (Å²) >= 11 is 0. The van der Waals surface area contributed by atoms with Crippen molar-refractivity contribution in [3.8, 4) is 0 Å². The predicted octanol–water partition coefficient (Wildman–Crippen LogP) is 3.00. The first-order valence-electron chi connectivity index (χ1n) is 9.61. The Balaban J connectivity index is 1.44. The third kappa shape index (κ3) is 5.07. The van der Waals surface area contributed by atoms with Crippen LogP contribution in [0.25, 0.3) is 0 Å². The molecule has 0 saturated carbocycles. The van der Waals surface area contributed by atoms with Crippen molar-refractivity contribution >= 4 is 11.6 Å². The molecule has 1 aliphatic rings. The molecule has 0 aromatic heterocycles. The van der Waals surface area contributed by atoms with Crippen LogP contribution in [0.2, 0.25) is 0 Å². The van der Waals surface area contributed by atoms with E-state index in [2.05, 4.69) is 46.3 Å². The summed E-state index contributed by atoms with van der Waals surface area (Å²) in [6, 6.07) is 14.7. The number of carbonyl (C=O) groups excluding carboxylic acids is 1. The molecule has 2 aromatic rings. The van der Waals surface area contributed by atoms with Gasteiger partial charge in [0.05, 0.1) is 6.04 Å². The topological polar surface area (TPSA) is 35.6 Å². The zero-order valence-electron chi connectivity index (χ0n) is 16.1. The van der Waals surface area contributed by atoms with Gasteiger partial charge in [-0.1, -0.05) is 30.3 Å². The van der Waals surface area contributed by atoms with E-state index in [1.54, 1.807) is 12.1 Å². The summed E-state index contributed by atoms with van der Waals surface area (Å²) in [5, 5.41) is 3.01. The zero-order chi connectivity index (χ0) is 19.2. The predicted molar refractivity (Wildman–Crippen MR) is 108 cm³/mol. The van der Waals surface area contributed by atoms with E-state index in [9.17, 15) is 9.18 Å². The smallest absolute Gasteiger partial charge is 0.237 e. The molecule has 1 fully saturated rings. The number of nitrogens with one attached hydrogen (secondary N) is 1. The van der Waals surface area contributed by atoms with Crippen molar-refractivity contribution in [1.29, 1.82) is 0 Å². The first-order chi connectivity index (χ1) is 13.0. The van der Waals surface area contributed by atoms with Crippen molar-refractivity contribution in [2.24, 2.45) is 0 Å². The van der Waals surface area contributed by atoms with E-state index in [-0.39, 0.29) is 17.8 Å². The second kappa shape index (κ2) is 9.00. The maximum atomic E-state index is 12.9. The van der Waals surface area contributed by atoms with Gasteiger partial charge in [-0.3, -0.25) is 9.69 Å². The van der Waals surface area contributed by atoms with E-state index in [1.165, 1.54) is 23.4 Å². The van der Waals surface area contributed by atoms with Crippen molar-refractivity contribution in [3.05, 3.63) is 65.5 Å². The molecule has 5 heteroatoms. The Morgan fingerprint density at radius 1 is 1.07 bits per heavy atom. The summed E-state index contributed by atoms with van der Waals surface area (Å²) in [5.74, 6) is -0.178. The first kappa shape index (κ1) is 19.4. The minimum atomic E-state index is -0.235. The summed E-state index contributed by atoms with van der Waals surface area (Å²) in [7, 11) is 0. The lowest BCUT2D eigenvalue weighted by Crippen LogP contribution is -2.54. The lowest BCUT2D eigenvalue weighted by molar-refractivity contribution is -0.125. The van der Waals surface area contributed by atoms with E-state index >= 15 is 0 Å². The maximum Gasteiger partial charge on any atom is 0.237 e. The fourth-order valence-electron chi connectivity index (χ4n) is 3.56. The monoisotopic (exact) mass is 369 g/mol. The van der Waals surface area contributed by atoms with Crippen molar-refractivity contribution in [2.75, 3.05) is 37.6 Å². The van der Waals surface area contributed by atoms with Crippen LogP contribution >= 0.6 is 0 Å². The average Bonchev–Trinajstić information content (AvgIpc) is 2.69. The Labute approximate surface area is 161 Å². The summed E-state index contributed by atoms with van der Waals surface area (Å²) in [6.45, 7) is 8.28. The van der Waals surface area contributed by atoms with Crippen LogP contribution < -0.4 is 10.2 Å². The lowest BCUT2D eigenvalue weighted by Gasteiger charge is -2.39. The van der Waals surface area contributed by atoms with Crippen molar-refractivity contribution in [1.82, 2.24) is 10.2 Å². The number of amides is 1. The number of hydrogen-bond acceptors (Lipinski definition) is 3. The first-order valence-corrected chi connectivity index (χ1v) is 9.61. The van der Waals surface area contributed by atoms with E-state index in [0.717, 1.165) is 31.7 Å². The Bertz CT molecular complexity index is 754. The van der Waals surface area contributed by atoms with Crippen LogP contribution in [0.5, 0.6) is 0 Å². The van der Waals surface area contributed by atoms with Crippen LogP contribution in [0.4, 0.5) is 10.1 Å². The van der Waals surface area contributed by atoms with Gasteiger partial charge in [0.2, 0.25) is 5.91 Å². The molecule has 0 aliphatic carbocycles. The Hall–Kier alpha value is -2.40. The number of piperazine rings is 1. The van der Waals surface area contributed by atoms with Gasteiger partial charge in [0, 0.05) is 38.4 Å². The Morgan fingerprint density at radius 3 is 2.41 bits per heavy atom. The van der Waals surface area contributed by atoms with Crippen molar-refractivity contribution in [3.63, 3.8) is 0 Å². The molecule has 1 amide bonds. The van der Waals surface area contributed by atoms with Crippen LogP contribution in [-0.2, 0) is 11.2 Å². The van der Waals surface area contributed by atoms with Gasteiger partial charge in [-0.2, -0.15) is 0 Å². The molecule has 4 nitrogen and oxygen atoms in total. The number of carbonyl (C=O) groups is 1. The van der Waals surface area contributed by atoms with Crippen LogP contribution in [-0.4, -0.2) is 49.6 Å². The van der Waals surface area contributed by atoms with Gasteiger partial charge in [-0.05, 0) is 49.6 Å². The molecule has 0 spiro atoms. The highest BCUT2D eigenvalue weighted by Crippen LogP contribution is 2.21. The van der Waals surface area contributed by atoms with Gasteiger partial charge in [-0.15, -0.1) is 0 Å². The fraction of sp³-hybridized carbons (Fsp3) is 0.409. The van der Waals surface area contributed by atoms with Gasteiger partial charge in [0.15, 0.2) is 0 Å². The third-order valence-electron chi connectivity index (χ3n) is 5.32. The molecular formula is C22H28FN3O. The number of benzene rings is 2. The van der Waals surface area contributed by atoms with E-state index in [4.69, 9.17) is 0 Å². The van der Waals surface area contributed by atoms with Gasteiger partial charge in [0.1, 0.15) is 5.82 Å². The molecule has 0 radical (unpaired) electrons. The number of aryl methyl sites for hydroxylation is 1. The lowest BCUT2D eigenvalue weighted by atomic mass is 10.1. The molecular weight excluding hydrogens is 341 g/mol. The van der Waals surface area contributed by atoms with E-state index < -0.39 is 0 Å². The third-order valence-corrected chi connectivity index (χ3v) is 5.32. The van der Waals surface area contributed by atoms with Gasteiger partial charge >= 0.3 is 0 Å². The highest BCUT2D eigenvalue weighted by Gasteiger charge is 2.25. The van der Waals surface area contributed by atoms with Gasteiger partial charge in [-0.25, -0.2) is 4.39 Å². The minimum absolute atomic E-state index is 0.0569. The summed E-state index contributed by atoms with van der Waals surface area (Å²) in [6.07, 6.45) is 0.708. The van der Waals surface area contributed by atoms with Crippen molar-refractivity contribution in [2.45, 2.75) is 26.3 Å². The standard InChI is InChI=1S/C22H28FN3O/c1-17-5-3-4-6-21(17)26-15-13-25(14-16-26)18(2)22(27)24-12-11-19-7-9-20(23)10-8-19/h3-10,18H,11-16H2,1-2H3,(H,24,27)/t18-/m0/s1. The zero-order valence-corrected chi connectivity index (χ0v) is 16.1. The van der Waals surface area contributed by atoms with E-state index in [0.29, 0.717) is 13.0 Å². The molecule has 1 saturated heterocycles. The minimum Gasteiger partial charge on any atom is -0.369 e. The van der Waals surface area contributed by atoms with Gasteiger partial charge < -0.3 is 10.2 Å². The number of anilines is 1. The fourth-order valence-corrected chi connectivity index (χ4v) is 3.56. The second-order valence-electron chi connectivity index (χ2n) is 7.15. The Morgan fingerprint density at radius 2 is 1.74 bits per heavy atom. The maximum absolute atomic E-state index is 12.9. The highest BCUT2D eigenvalue weighted by molar-refractivity contribution is 5.81. The SMILES string of the molecule is Cc1ccccc1N1CCN([C@@H](C)C(=O)NCCc2ccc(F)cc2)CC1. The second-order valence-corrected chi connectivity index (χ2v) is 7.15. The number of rotatable bonds is 6. The molecule has 144 valence electrons.